The summed E-state index contributed by atoms with van der Waals surface area (Å²) in [6.45, 7) is 4.90. The van der Waals surface area contributed by atoms with E-state index in [9.17, 15) is 9.59 Å². The first-order chi connectivity index (χ1) is 10.9. The Morgan fingerprint density at radius 3 is 2.71 bits per heavy atom. The van der Waals surface area contributed by atoms with E-state index in [1.807, 2.05) is 13.8 Å². The summed E-state index contributed by atoms with van der Waals surface area (Å²) in [7, 11) is 0. The normalized spacial score (nSPS) is 18.7. The van der Waals surface area contributed by atoms with Crippen LogP contribution >= 0.6 is 24.0 Å². The standard InChI is InChI=1S/C16H23ClN4O2.ClH/c1-10(2)14(18)16(23)21-7-3-4-11(9-21)15(22)20-13-6-5-12(17)8-19-13;/h5-6,8,10-11,14H,3-4,7,9,18H2,1-2H3,(H,19,20,22);1H/t11?,14-;/m0./s1. The Hall–Kier alpha value is -1.37. The van der Waals surface area contributed by atoms with Gasteiger partial charge in [-0.2, -0.15) is 0 Å². The molecule has 6 nitrogen and oxygen atoms in total. The van der Waals surface area contributed by atoms with Crippen molar-refractivity contribution in [2.75, 3.05) is 18.4 Å². The molecular formula is C16H24Cl2N4O2. The lowest BCUT2D eigenvalue weighted by atomic mass is 9.95. The van der Waals surface area contributed by atoms with Crippen LogP contribution in [0.4, 0.5) is 5.82 Å². The molecule has 0 bridgehead atoms. The van der Waals surface area contributed by atoms with Crippen molar-refractivity contribution >= 4 is 41.6 Å². The SMILES string of the molecule is CC(C)[C@H](N)C(=O)N1CCCC(C(=O)Nc2ccc(Cl)cn2)C1.Cl. The summed E-state index contributed by atoms with van der Waals surface area (Å²) in [4.78, 5) is 30.5. The lowest BCUT2D eigenvalue weighted by Gasteiger charge is -2.34. The van der Waals surface area contributed by atoms with Crippen LogP contribution in [0.3, 0.4) is 0 Å². The zero-order valence-electron chi connectivity index (χ0n) is 13.9. The summed E-state index contributed by atoms with van der Waals surface area (Å²) in [5.41, 5.74) is 5.94. The monoisotopic (exact) mass is 374 g/mol. The molecule has 24 heavy (non-hydrogen) atoms. The van der Waals surface area contributed by atoms with Crippen LogP contribution in [0.25, 0.3) is 0 Å². The molecule has 1 aliphatic heterocycles. The van der Waals surface area contributed by atoms with Gasteiger partial charge >= 0.3 is 0 Å². The molecule has 0 aromatic carbocycles. The third-order valence-electron chi connectivity index (χ3n) is 4.09. The van der Waals surface area contributed by atoms with Crippen molar-refractivity contribution in [3.05, 3.63) is 23.4 Å². The van der Waals surface area contributed by atoms with Crippen LogP contribution in [-0.2, 0) is 9.59 Å². The summed E-state index contributed by atoms with van der Waals surface area (Å²) in [5, 5.41) is 3.29. The van der Waals surface area contributed by atoms with Crippen LogP contribution < -0.4 is 11.1 Å². The number of likely N-dealkylation sites (tertiary alicyclic amines) is 1. The second kappa shape index (κ2) is 9.20. The Kier molecular flexibility index (Phi) is 7.93. The van der Waals surface area contributed by atoms with Gasteiger partial charge in [-0.05, 0) is 30.9 Å². The first kappa shape index (κ1) is 20.7. The summed E-state index contributed by atoms with van der Waals surface area (Å²) < 4.78 is 0. The van der Waals surface area contributed by atoms with E-state index >= 15 is 0 Å². The lowest BCUT2D eigenvalue weighted by molar-refractivity contribution is -0.136. The molecule has 1 aromatic heterocycles. The van der Waals surface area contributed by atoms with Crippen LogP contribution in [0, 0.1) is 11.8 Å². The Morgan fingerprint density at radius 1 is 1.42 bits per heavy atom. The fourth-order valence-electron chi connectivity index (χ4n) is 2.57. The molecule has 1 saturated heterocycles. The van der Waals surface area contributed by atoms with Gasteiger partial charge in [0.05, 0.1) is 17.0 Å². The first-order valence-electron chi connectivity index (χ1n) is 7.85. The second-order valence-electron chi connectivity index (χ2n) is 6.24. The van der Waals surface area contributed by atoms with Crippen molar-refractivity contribution in [1.82, 2.24) is 9.88 Å². The number of amides is 2. The van der Waals surface area contributed by atoms with Crippen LogP contribution in [-0.4, -0.2) is 40.8 Å². The van der Waals surface area contributed by atoms with E-state index < -0.39 is 6.04 Å². The van der Waals surface area contributed by atoms with Gasteiger partial charge in [-0.3, -0.25) is 9.59 Å². The quantitative estimate of drug-likeness (QED) is 0.845. The van der Waals surface area contributed by atoms with Gasteiger partial charge in [0, 0.05) is 19.3 Å². The molecule has 2 amide bonds. The predicted octanol–water partition coefficient (Wildman–Crippen LogP) is 2.32. The maximum atomic E-state index is 12.4. The number of pyridine rings is 1. The molecule has 2 heterocycles. The van der Waals surface area contributed by atoms with Gasteiger partial charge in [-0.25, -0.2) is 4.98 Å². The largest absolute Gasteiger partial charge is 0.341 e. The molecule has 1 aliphatic rings. The van der Waals surface area contributed by atoms with Gasteiger partial charge in [-0.1, -0.05) is 25.4 Å². The topological polar surface area (TPSA) is 88.3 Å². The summed E-state index contributed by atoms with van der Waals surface area (Å²) in [6.07, 6.45) is 3.03. The number of rotatable bonds is 4. The number of halogens is 2. The molecule has 1 aromatic rings. The van der Waals surface area contributed by atoms with E-state index in [0.717, 1.165) is 12.8 Å². The van der Waals surface area contributed by atoms with Crippen LogP contribution in [0.2, 0.25) is 5.02 Å². The van der Waals surface area contributed by atoms with Gasteiger partial charge in [0.15, 0.2) is 0 Å². The lowest BCUT2D eigenvalue weighted by Crippen LogP contribution is -2.51. The van der Waals surface area contributed by atoms with Crippen molar-refractivity contribution in [2.24, 2.45) is 17.6 Å². The Labute approximate surface area is 153 Å². The molecule has 134 valence electrons. The molecule has 0 aliphatic carbocycles. The van der Waals surface area contributed by atoms with Gasteiger partial charge in [-0.15, -0.1) is 12.4 Å². The number of carbonyl (C=O) groups excluding carboxylic acids is 2. The maximum absolute atomic E-state index is 12.4. The van der Waals surface area contributed by atoms with E-state index in [1.165, 1.54) is 6.20 Å². The maximum Gasteiger partial charge on any atom is 0.239 e. The van der Waals surface area contributed by atoms with Crippen LogP contribution in [0.1, 0.15) is 26.7 Å². The molecule has 0 saturated carbocycles. The molecule has 2 rings (SSSR count). The minimum absolute atomic E-state index is 0. The minimum Gasteiger partial charge on any atom is -0.341 e. The minimum atomic E-state index is -0.519. The number of hydrogen-bond donors (Lipinski definition) is 2. The van der Waals surface area contributed by atoms with Crippen molar-refractivity contribution in [3.8, 4) is 0 Å². The fourth-order valence-corrected chi connectivity index (χ4v) is 2.68. The highest BCUT2D eigenvalue weighted by atomic mass is 35.5. The van der Waals surface area contributed by atoms with Crippen molar-refractivity contribution in [1.29, 1.82) is 0 Å². The first-order valence-corrected chi connectivity index (χ1v) is 8.23. The molecular weight excluding hydrogens is 351 g/mol. The Morgan fingerprint density at radius 2 is 2.12 bits per heavy atom. The van der Waals surface area contributed by atoms with E-state index in [-0.39, 0.29) is 36.1 Å². The molecule has 0 radical (unpaired) electrons. The number of carbonyl (C=O) groups is 2. The highest BCUT2D eigenvalue weighted by molar-refractivity contribution is 6.30. The zero-order chi connectivity index (χ0) is 17.0. The summed E-state index contributed by atoms with van der Waals surface area (Å²) >= 11 is 5.77. The van der Waals surface area contributed by atoms with Gasteiger partial charge in [0.25, 0.3) is 0 Å². The van der Waals surface area contributed by atoms with Crippen LogP contribution in [0.15, 0.2) is 18.3 Å². The third-order valence-corrected chi connectivity index (χ3v) is 4.31. The average Bonchev–Trinajstić information content (AvgIpc) is 2.55. The molecule has 8 heteroatoms. The molecule has 1 fully saturated rings. The fraction of sp³-hybridized carbons (Fsp3) is 0.562. The van der Waals surface area contributed by atoms with E-state index in [2.05, 4.69) is 10.3 Å². The molecule has 1 unspecified atom stereocenters. The number of nitrogens with two attached hydrogens (primary N) is 1. The Bertz CT molecular complexity index is 566. The molecule has 3 N–H and O–H groups in total. The number of piperidine rings is 1. The number of nitrogens with one attached hydrogen (secondary N) is 1. The smallest absolute Gasteiger partial charge is 0.239 e. The van der Waals surface area contributed by atoms with E-state index in [4.69, 9.17) is 17.3 Å². The highest BCUT2D eigenvalue weighted by Crippen LogP contribution is 2.20. The zero-order valence-corrected chi connectivity index (χ0v) is 15.4. The number of nitrogens with zero attached hydrogens (tertiary/aromatic N) is 2. The highest BCUT2D eigenvalue weighted by Gasteiger charge is 2.31. The number of aromatic nitrogens is 1. The average molecular weight is 375 g/mol. The van der Waals surface area contributed by atoms with Crippen molar-refractivity contribution in [2.45, 2.75) is 32.7 Å². The van der Waals surface area contributed by atoms with Crippen molar-refractivity contribution < 1.29 is 9.59 Å². The van der Waals surface area contributed by atoms with Gasteiger partial charge in [0.2, 0.25) is 11.8 Å². The Balaban J connectivity index is 0.00000288. The molecule has 0 spiro atoms. The van der Waals surface area contributed by atoms with Gasteiger partial charge in [0.1, 0.15) is 5.82 Å². The molecule has 2 atom stereocenters. The van der Waals surface area contributed by atoms with Crippen molar-refractivity contribution in [3.63, 3.8) is 0 Å². The van der Waals surface area contributed by atoms with Gasteiger partial charge < -0.3 is 16.0 Å². The van der Waals surface area contributed by atoms with E-state index in [1.54, 1.807) is 17.0 Å². The van der Waals surface area contributed by atoms with E-state index in [0.29, 0.717) is 23.9 Å². The number of hydrogen-bond acceptors (Lipinski definition) is 4. The predicted molar refractivity (Wildman–Crippen MR) is 97.2 cm³/mol. The second-order valence-corrected chi connectivity index (χ2v) is 6.68. The summed E-state index contributed by atoms with van der Waals surface area (Å²) in [5.74, 6) is 0.0822. The number of anilines is 1. The third kappa shape index (κ3) is 5.33. The summed E-state index contributed by atoms with van der Waals surface area (Å²) in [6, 6.07) is 2.80. The van der Waals surface area contributed by atoms with Crippen LogP contribution in [0.5, 0.6) is 0 Å².